The minimum Gasteiger partial charge on any atom is -0.343 e. The number of aromatic nitrogens is 6. The van der Waals surface area contributed by atoms with Gasteiger partial charge >= 0.3 is 0 Å². The number of rotatable bonds is 4. The van der Waals surface area contributed by atoms with E-state index in [1.807, 2.05) is 47.5 Å². The molecule has 4 aromatic rings. The first-order chi connectivity index (χ1) is 15.9. The molecule has 0 bridgehead atoms. The van der Waals surface area contributed by atoms with Gasteiger partial charge in [0.25, 0.3) is 0 Å². The highest BCUT2D eigenvalue weighted by Gasteiger charge is 2.25. The molecular weight excluding hydrogens is 440 g/mol. The third-order valence-corrected chi connectivity index (χ3v) is 6.50. The van der Waals surface area contributed by atoms with Crippen LogP contribution in [-0.2, 0) is 4.79 Å². The molecule has 1 N–H and O–H groups in total. The van der Waals surface area contributed by atoms with Gasteiger partial charge in [-0.1, -0.05) is 17.7 Å². The average Bonchev–Trinajstić information content (AvgIpc) is 3.37. The Bertz CT molecular complexity index is 1340. The van der Waals surface area contributed by atoms with Crippen LogP contribution < -0.4 is 5.32 Å². The minimum atomic E-state index is 0.130. The van der Waals surface area contributed by atoms with Crippen molar-refractivity contribution in [3.05, 3.63) is 53.2 Å². The molecule has 0 unspecified atom stereocenters. The van der Waals surface area contributed by atoms with Crippen LogP contribution in [0.5, 0.6) is 0 Å². The monoisotopic (exact) mass is 464 g/mol. The third-order valence-electron chi connectivity index (χ3n) is 6.22. The summed E-state index contributed by atoms with van der Waals surface area (Å²) in [6.45, 7) is 7.14. The highest BCUT2D eigenvalue weighted by molar-refractivity contribution is 6.32. The second-order valence-electron chi connectivity index (χ2n) is 8.32. The van der Waals surface area contributed by atoms with Crippen molar-refractivity contribution >= 4 is 34.8 Å². The second-order valence-corrected chi connectivity index (χ2v) is 8.72. The highest BCUT2D eigenvalue weighted by atomic mass is 35.5. The van der Waals surface area contributed by atoms with E-state index in [1.165, 1.54) is 0 Å². The van der Waals surface area contributed by atoms with Gasteiger partial charge in [-0.25, -0.2) is 15.0 Å². The fourth-order valence-electron chi connectivity index (χ4n) is 4.45. The van der Waals surface area contributed by atoms with Crippen molar-refractivity contribution in [3.8, 4) is 11.4 Å². The van der Waals surface area contributed by atoms with Gasteiger partial charge in [0.05, 0.1) is 46.2 Å². The first-order valence-electron chi connectivity index (χ1n) is 11.0. The van der Waals surface area contributed by atoms with Crippen LogP contribution in [0.15, 0.2) is 36.8 Å². The van der Waals surface area contributed by atoms with Crippen LogP contribution in [0.25, 0.3) is 17.0 Å². The number of hydrogen-bond acceptors (Lipinski definition) is 6. The average molecular weight is 465 g/mol. The number of aryl methyl sites for hydroxylation is 1. The lowest BCUT2D eigenvalue weighted by Gasteiger charge is -2.32. The van der Waals surface area contributed by atoms with Crippen molar-refractivity contribution in [1.29, 1.82) is 0 Å². The van der Waals surface area contributed by atoms with Crippen molar-refractivity contribution in [1.82, 2.24) is 34.0 Å². The van der Waals surface area contributed by atoms with Gasteiger partial charge in [-0.05, 0) is 38.8 Å². The lowest BCUT2D eigenvalue weighted by atomic mass is 10.0. The van der Waals surface area contributed by atoms with Crippen molar-refractivity contribution in [3.63, 3.8) is 0 Å². The van der Waals surface area contributed by atoms with Crippen LogP contribution >= 0.6 is 11.6 Å². The Balaban J connectivity index is 1.42. The van der Waals surface area contributed by atoms with E-state index in [2.05, 4.69) is 20.0 Å². The number of carbonyl (C=O) groups excluding carboxylic acids is 1. The van der Waals surface area contributed by atoms with E-state index >= 15 is 0 Å². The van der Waals surface area contributed by atoms with E-state index in [4.69, 9.17) is 21.7 Å². The maximum absolute atomic E-state index is 11.6. The fourth-order valence-corrected chi connectivity index (χ4v) is 4.64. The summed E-state index contributed by atoms with van der Waals surface area (Å²) >= 11 is 6.45. The molecule has 0 aromatic carbocycles. The number of piperidine rings is 1. The summed E-state index contributed by atoms with van der Waals surface area (Å²) in [5, 5.41) is 8.58. The Labute approximate surface area is 196 Å². The standard InChI is InChI=1S/C23H25ClN8O/c1-14-21(15(2)32(29-14)17-7-10-30(11-8-17)16(3)33)27-23-26-12-18(24)22(28-23)19-13-25-20-6-4-5-9-31(19)20/h4-6,9,12-13,17H,7-8,10-11H2,1-3H3,(H,26,27,28). The number of nitrogens with one attached hydrogen (secondary N) is 1. The molecule has 0 radical (unpaired) electrons. The topological polar surface area (TPSA) is 93.2 Å². The molecule has 5 rings (SSSR count). The number of pyridine rings is 1. The summed E-state index contributed by atoms with van der Waals surface area (Å²) in [7, 11) is 0. The van der Waals surface area contributed by atoms with E-state index in [0.29, 0.717) is 16.7 Å². The molecule has 5 heterocycles. The zero-order chi connectivity index (χ0) is 23.1. The number of amides is 1. The lowest BCUT2D eigenvalue weighted by Crippen LogP contribution is -2.38. The molecule has 1 aliphatic rings. The summed E-state index contributed by atoms with van der Waals surface area (Å²) in [6.07, 6.45) is 7.06. The molecule has 0 spiro atoms. The third kappa shape index (κ3) is 3.93. The summed E-state index contributed by atoms with van der Waals surface area (Å²) in [5.74, 6) is 0.572. The zero-order valence-electron chi connectivity index (χ0n) is 18.8. The molecule has 9 nitrogen and oxygen atoms in total. The van der Waals surface area contributed by atoms with Gasteiger partial charge in [-0.3, -0.25) is 13.9 Å². The molecule has 10 heteroatoms. The van der Waals surface area contributed by atoms with Crippen LogP contribution in [0.1, 0.15) is 37.2 Å². The SMILES string of the molecule is CC(=O)N1CCC(n2nc(C)c(Nc3ncc(Cl)c(-c4cnc5ccccn45)n3)c2C)CC1. The smallest absolute Gasteiger partial charge is 0.227 e. The number of imidazole rings is 1. The normalized spacial score (nSPS) is 14.7. The predicted octanol–water partition coefficient (Wildman–Crippen LogP) is 4.19. The number of likely N-dealkylation sites (tertiary alicyclic amines) is 1. The molecule has 0 aliphatic carbocycles. The number of nitrogens with zero attached hydrogens (tertiary/aromatic N) is 7. The molecule has 1 amide bonds. The Morgan fingerprint density at radius 3 is 2.70 bits per heavy atom. The van der Waals surface area contributed by atoms with Gasteiger partial charge in [-0.15, -0.1) is 0 Å². The van der Waals surface area contributed by atoms with E-state index < -0.39 is 0 Å². The molecule has 1 fully saturated rings. The van der Waals surface area contributed by atoms with Gasteiger partial charge in [0.1, 0.15) is 11.3 Å². The van der Waals surface area contributed by atoms with Crippen LogP contribution in [0, 0.1) is 13.8 Å². The Morgan fingerprint density at radius 1 is 1.15 bits per heavy atom. The van der Waals surface area contributed by atoms with Gasteiger partial charge in [0.2, 0.25) is 11.9 Å². The zero-order valence-corrected chi connectivity index (χ0v) is 19.5. The van der Waals surface area contributed by atoms with E-state index in [0.717, 1.165) is 54.3 Å². The lowest BCUT2D eigenvalue weighted by molar-refractivity contribution is -0.130. The molecule has 1 saturated heterocycles. The summed E-state index contributed by atoms with van der Waals surface area (Å²) in [6, 6.07) is 6.07. The Morgan fingerprint density at radius 2 is 1.94 bits per heavy atom. The van der Waals surface area contributed by atoms with Gasteiger partial charge in [0.15, 0.2) is 0 Å². The number of hydrogen-bond donors (Lipinski definition) is 1. The molecule has 33 heavy (non-hydrogen) atoms. The largest absolute Gasteiger partial charge is 0.343 e. The van der Waals surface area contributed by atoms with Crippen molar-refractivity contribution < 1.29 is 4.79 Å². The molecule has 0 atom stereocenters. The number of fused-ring (bicyclic) bond motifs is 1. The summed E-state index contributed by atoms with van der Waals surface area (Å²) < 4.78 is 4.01. The quantitative estimate of drug-likeness (QED) is 0.487. The summed E-state index contributed by atoms with van der Waals surface area (Å²) in [5.41, 5.74) is 4.99. The molecule has 1 aliphatic heterocycles. The van der Waals surface area contributed by atoms with Gasteiger partial charge in [-0.2, -0.15) is 5.10 Å². The summed E-state index contributed by atoms with van der Waals surface area (Å²) in [4.78, 5) is 27.1. The van der Waals surface area contributed by atoms with Crippen LogP contribution in [0.4, 0.5) is 11.6 Å². The van der Waals surface area contributed by atoms with Gasteiger partial charge < -0.3 is 10.2 Å². The molecule has 4 aromatic heterocycles. The second kappa shape index (κ2) is 8.47. The predicted molar refractivity (Wildman–Crippen MR) is 127 cm³/mol. The maximum atomic E-state index is 11.6. The van der Waals surface area contributed by atoms with Crippen LogP contribution in [0.3, 0.4) is 0 Å². The minimum absolute atomic E-state index is 0.130. The van der Waals surface area contributed by atoms with Crippen molar-refractivity contribution in [2.75, 3.05) is 18.4 Å². The molecule has 170 valence electrons. The van der Waals surface area contributed by atoms with Crippen LogP contribution in [-0.4, -0.2) is 53.0 Å². The van der Waals surface area contributed by atoms with Crippen molar-refractivity contribution in [2.24, 2.45) is 0 Å². The number of anilines is 2. The van der Waals surface area contributed by atoms with E-state index in [1.54, 1.807) is 19.3 Å². The highest BCUT2D eigenvalue weighted by Crippen LogP contribution is 2.31. The first kappa shape index (κ1) is 21.4. The van der Waals surface area contributed by atoms with E-state index in [-0.39, 0.29) is 11.9 Å². The Hall–Kier alpha value is -3.46. The fraction of sp³-hybridized carbons (Fsp3) is 0.348. The van der Waals surface area contributed by atoms with Crippen molar-refractivity contribution in [2.45, 2.75) is 39.7 Å². The number of carbonyl (C=O) groups is 1. The van der Waals surface area contributed by atoms with Gasteiger partial charge in [0, 0.05) is 26.2 Å². The van der Waals surface area contributed by atoms with E-state index in [9.17, 15) is 4.79 Å². The van der Waals surface area contributed by atoms with Crippen LogP contribution in [0.2, 0.25) is 5.02 Å². The maximum Gasteiger partial charge on any atom is 0.227 e. The first-order valence-corrected chi connectivity index (χ1v) is 11.3. The molecule has 0 saturated carbocycles. The molecular formula is C23H25ClN8O. The Kier molecular flexibility index (Phi) is 5.49. The number of halogens is 1.